The lowest BCUT2D eigenvalue weighted by molar-refractivity contribution is -0.191. The maximum absolute atomic E-state index is 14.0. The number of ketones is 2. The number of hydrogen-bond acceptors (Lipinski definition) is 10. The van der Waals surface area contributed by atoms with E-state index in [1.165, 1.54) is 12.2 Å². The Bertz CT molecular complexity index is 1430. The average molecular weight is 646 g/mol. The number of Topliss-reactive ketones (excluding diaryl/α,β-unsaturated/α-hetero) is 1. The first-order valence-electron chi connectivity index (χ1n) is 12.5. The van der Waals surface area contributed by atoms with Crippen LogP contribution in [0.4, 0.5) is 4.39 Å². The highest BCUT2D eigenvalue weighted by molar-refractivity contribution is 7.86. The lowest BCUT2D eigenvalue weighted by Crippen LogP contribution is -2.73. The molecule has 9 atom stereocenters. The monoisotopic (exact) mass is 644 g/mol. The third kappa shape index (κ3) is 4.59. The average Bonchev–Trinajstić information content (AvgIpc) is 3.08. The molecular formula is C25H31Cl2FO10S2. The maximum Gasteiger partial charge on any atom is 0.303 e. The van der Waals surface area contributed by atoms with E-state index in [9.17, 15) is 35.6 Å². The van der Waals surface area contributed by atoms with Gasteiger partial charge < -0.3 is 4.74 Å². The number of halogens is 3. The predicted molar refractivity (Wildman–Crippen MR) is 142 cm³/mol. The zero-order valence-electron chi connectivity index (χ0n) is 22.5. The van der Waals surface area contributed by atoms with Gasteiger partial charge in [0.1, 0.15) is 12.2 Å². The first-order valence-corrected chi connectivity index (χ1v) is 17.0. The van der Waals surface area contributed by atoms with E-state index in [0.29, 0.717) is 0 Å². The Hall–Kier alpha value is -1.38. The summed E-state index contributed by atoms with van der Waals surface area (Å²) in [6, 6.07) is 0. The molecule has 0 aromatic heterocycles. The van der Waals surface area contributed by atoms with Crippen molar-refractivity contribution in [2.24, 2.45) is 22.7 Å². The van der Waals surface area contributed by atoms with Crippen LogP contribution in [0, 0.1) is 22.7 Å². The van der Waals surface area contributed by atoms with Crippen molar-refractivity contribution in [3.63, 3.8) is 0 Å². The Labute approximate surface area is 242 Å². The van der Waals surface area contributed by atoms with Crippen molar-refractivity contribution in [3.05, 3.63) is 23.8 Å². The van der Waals surface area contributed by atoms with E-state index < -0.39 is 95.2 Å². The Morgan fingerprint density at radius 3 is 2.25 bits per heavy atom. The van der Waals surface area contributed by atoms with Crippen LogP contribution in [-0.2, 0) is 47.7 Å². The number of fused-ring (bicyclic) bond motifs is 5. The van der Waals surface area contributed by atoms with E-state index in [1.807, 2.05) is 0 Å². The molecule has 4 rings (SSSR count). The second-order valence-electron chi connectivity index (χ2n) is 11.5. The third-order valence-corrected chi connectivity index (χ3v) is 11.9. The van der Waals surface area contributed by atoms with Crippen molar-refractivity contribution >= 4 is 61.0 Å². The van der Waals surface area contributed by atoms with Crippen LogP contribution in [0.3, 0.4) is 0 Å². The summed E-state index contributed by atoms with van der Waals surface area (Å²) >= 11 is 14.6. The summed E-state index contributed by atoms with van der Waals surface area (Å²) in [5.74, 6) is -4.26. The summed E-state index contributed by atoms with van der Waals surface area (Å²) in [7, 11) is -8.59. The highest BCUT2D eigenvalue weighted by Gasteiger charge is 2.78. The fourth-order valence-corrected chi connectivity index (χ4v) is 10.2. The molecule has 40 heavy (non-hydrogen) atoms. The fourth-order valence-electron chi connectivity index (χ4n) is 7.75. The van der Waals surface area contributed by atoms with E-state index >= 15 is 0 Å². The van der Waals surface area contributed by atoms with Gasteiger partial charge in [0.15, 0.2) is 18.1 Å². The van der Waals surface area contributed by atoms with E-state index in [4.69, 9.17) is 36.3 Å². The minimum atomic E-state index is -4.31. The fraction of sp³-hybridized carbons (Fsp3) is 0.720. The summed E-state index contributed by atoms with van der Waals surface area (Å²) < 4.78 is 80.7. The van der Waals surface area contributed by atoms with Crippen LogP contribution in [0.25, 0.3) is 0 Å². The molecule has 3 fully saturated rings. The standard InChI is InChI=1S/C25H31Cl2FO10S2/c1-13(29)36-24(18(31)12-28)9-7-15-19-21(38-40(5,34)35)20(37-39(4,32)33)16-10-14(30)6-8-22(16,2)25(19,27)17(26)11-23(15,24)3/h6,8,10,15,17,19-21H,7,9,11-12H2,1-5H3/t15-,17?,19+,20?,21?,22-,23-,24-,25+/m0/s1. The Balaban J connectivity index is 2.04. The second-order valence-corrected chi connectivity index (χ2v) is 15.9. The SMILES string of the molecule is CC(=O)O[C@]1(C(=O)CF)CC[C@H]2[C@@H]3C(OS(C)(=O)=O)C(OS(C)(=O)=O)C4=CC(=O)C=C[C@]4(C)[C@@]3(Cl)C(Cl)C[C@@]21C. The van der Waals surface area contributed by atoms with Crippen molar-refractivity contribution in [2.45, 2.75) is 68.1 Å². The summed E-state index contributed by atoms with van der Waals surface area (Å²) in [6.45, 7) is 2.89. The minimum Gasteiger partial charge on any atom is -0.451 e. The number of carbonyl (C=O) groups is 3. The van der Waals surface area contributed by atoms with Crippen molar-refractivity contribution in [1.82, 2.24) is 0 Å². The van der Waals surface area contributed by atoms with Crippen LogP contribution in [0.5, 0.6) is 0 Å². The first kappa shape index (κ1) is 31.6. The molecule has 0 N–H and O–H groups in total. The highest BCUT2D eigenvalue weighted by atomic mass is 35.5. The van der Waals surface area contributed by atoms with Crippen molar-refractivity contribution in [2.75, 3.05) is 19.2 Å². The molecule has 0 aliphatic heterocycles. The van der Waals surface area contributed by atoms with Gasteiger partial charge in [0, 0.05) is 23.7 Å². The van der Waals surface area contributed by atoms with Crippen LogP contribution in [0.1, 0.15) is 40.0 Å². The highest BCUT2D eigenvalue weighted by Crippen LogP contribution is 2.72. The molecular weight excluding hydrogens is 614 g/mol. The normalized spacial score (nSPS) is 42.9. The van der Waals surface area contributed by atoms with Crippen LogP contribution in [0.15, 0.2) is 23.8 Å². The molecule has 10 nitrogen and oxygen atoms in total. The van der Waals surface area contributed by atoms with Gasteiger partial charge in [-0.3, -0.25) is 22.7 Å². The van der Waals surface area contributed by atoms with Gasteiger partial charge in [0.05, 0.1) is 22.8 Å². The molecule has 0 amide bonds. The van der Waals surface area contributed by atoms with Crippen LogP contribution < -0.4 is 0 Å². The molecule has 4 aliphatic carbocycles. The predicted octanol–water partition coefficient (Wildman–Crippen LogP) is 2.62. The molecule has 4 aliphatic rings. The number of rotatable bonds is 7. The van der Waals surface area contributed by atoms with Gasteiger partial charge in [0.25, 0.3) is 20.2 Å². The number of hydrogen-bond donors (Lipinski definition) is 0. The van der Waals surface area contributed by atoms with Crippen LogP contribution >= 0.6 is 23.2 Å². The lowest BCUT2D eigenvalue weighted by atomic mass is 9.45. The zero-order chi connectivity index (χ0) is 30.3. The van der Waals surface area contributed by atoms with Gasteiger partial charge in [0.2, 0.25) is 5.78 Å². The molecule has 0 heterocycles. The lowest BCUT2D eigenvalue weighted by Gasteiger charge is -2.66. The molecule has 0 saturated heterocycles. The Morgan fingerprint density at radius 2 is 1.73 bits per heavy atom. The van der Waals surface area contributed by atoms with Crippen LogP contribution in [0.2, 0.25) is 0 Å². The van der Waals surface area contributed by atoms with Gasteiger partial charge in [-0.2, -0.15) is 16.8 Å². The van der Waals surface area contributed by atoms with Gasteiger partial charge >= 0.3 is 5.97 Å². The quantitative estimate of drug-likeness (QED) is 0.230. The largest absolute Gasteiger partial charge is 0.451 e. The van der Waals surface area contributed by atoms with Gasteiger partial charge in [-0.15, -0.1) is 23.2 Å². The summed E-state index contributed by atoms with van der Waals surface area (Å²) in [4.78, 5) is 36.2. The smallest absolute Gasteiger partial charge is 0.303 e. The summed E-state index contributed by atoms with van der Waals surface area (Å²) in [5, 5.41) is -1.10. The molecule has 224 valence electrons. The van der Waals surface area contributed by atoms with Crippen LogP contribution in [-0.4, -0.2) is 81.6 Å². The van der Waals surface area contributed by atoms with Crippen molar-refractivity contribution in [3.8, 4) is 0 Å². The molecule has 3 unspecified atom stereocenters. The summed E-state index contributed by atoms with van der Waals surface area (Å²) in [5.41, 5.74) is -4.60. The first-order chi connectivity index (χ1) is 18.2. The van der Waals surface area contributed by atoms with Crippen molar-refractivity contribution < 1.29 is 48.7 Å². The molecule has 0 radical (unpaired) electrons. The van der Waals surface area contributed by atoms with Gasteiger partial charge in [-0.05, 0) is 42.9 Å². The van der Waals surface area contributed by atoms with E-state index in [2.05, 4.69) is 0 Å². The van der Waals surface area contributed by atoms with Crippen molar-refractivity contribution in [1.29, 1.82) is 0 Å². The maximum atomic E-state index is 14.0. The molecule has 0 aromatic rings. The summed E-state index contributed by atoms with van der Waals surface area (Å²) in [6.07, 6.45) is 2.06. The van der Waals surface area contributed by atoms with Gasteiger partial charge in [-0.25, -0.2) is 4.39 Å². The number of allylic oxidation sites excluding steroid dienone is 3. The Kier molecular flexibility index (Phi) is 7.76. The minimum absolute atomic E-state index is 0.0589. The number of esters is 1. The number of carbonyl (C=O) groups excluding carboxylic acids is 3. The third-order valence-electron chi connectivity index (χ3n) is 9.21. The number of alkyl halides is 3. The molecule has 3 saturated carbocycles. The van der Waals surface area contributed by atoms with Gasteiger partial charge in [-0.1, -0.05) is 19.9 Å². The molecule has 15 heteroatoms. The van der Waals surface area contributed by atoms with E-state index in [0.717, 1.165) is 25.5 Å². The topological polar surface area (TPSA) is 147 Å². The molecule has 0 bridgehead atoms. The zero-order valence-corrected chi connectivity index (χ0v) is 25.6. The molecule has 0 aromatic carbocycles. The van der Waals surface area contributed by atoms with E-state index in [-0.39, 0.29) is 24.8 Å². The Morgan fingerprint density at radius 1 is 1.12 bits per heavy atom. The number of ether oxygens (including phenoxy) is 1. The van der Waals surface area contributed by atoms with E-state index in [1.54, 1.807) is 13.8 Å². The second kappa shape index (κ2) is 9.84. The molecule has 0 spiro atoms.